The summed E-state index contributed by atoms with van der Waals surface area (Å²) in [5.41, 5.74) is 0. The Morgan fingerprint density at radius 2 is 2.44 bits per heavy atom. The van der Waals surface area contributed by atoms with Gasteiger partial charge in [-0.15, -0.1) is 0 Å². The van der Waals surface area contributed by atoms with Gasteiger partial charge in [0.15, 0.2) is 9.84 Å². The molecule has 1 N–H and O–H groups in total. The minimum absolute atomic E-state index is 0.302. The van der Waals surface area contributed by atoms with Crippen molar-refractivity contribution in [2.75, 3.05) is 19.3 Å². The molecule has 0 amide bonds. The predicted octanol–water partition coefficient (Wildman–Crippen LogP) is 0.286. The van der Waals surface area contributed by atoms with Crippen LogP contribution in [0.5, 0.6) is 0 Å². The molecule has 5 nitrogen and oxygen atoms in total. The highest BCUT2D eigenvalue weighted by atomic mass is 32.2. The molecule has 16 heavy (non-hydrogen) atoms. The summed E-state index contributed by atoms with van der Waals surface area (Å²) < 4.78 is 24.3. The molecule has 2 heterocycles. The smallest absolute Gasteiger partial charge is 0.178 e. The van der Waals surface area contributed by atoms with Gasteiger partial charge in [0.2, 0.25) is 0 Å². The fourth-order valence-electron chi connectivity index (χ4n) is 1.98. The minimum atomic E-state index is -3.12. The first-order valence-electron chi connectivity index (χ1n) is 5.49. The van der Waals surface area contributed by atoms with Gasteiger partial charge in [-0.25, -0.2) is 8.42 Å². The Morgan fingerprint density at radius 1 is 1.62 bits per heavy atom. The highest BCUT2D eigenvalue weighted by Gasteiger charge is 2.15. The molecule has 1 aliphatic rings. The quantitative estimate of drug-likeness (QED) is 0.828. The number of hydrogen-bond donors (Lipinski definition) is 1. The van der Waals surface area contributed by atoms with Crippen LogP contribution < -0.4 is 5.32 Å². The molecule has 0 saturated carbocycles. The van der Waals surface area contributed by atoms with Crippen LogP contribution in [0.1, 0.15) is 12.8 Å². The monoisotopic (exact) mass is 243 g/mol. The van der Waals surface area contributed by atoms with Gasteiger partial charge in [-0.3, -0.25) is 4.68 Å². The van der Waals surface area contributed by atoms with Gasteiger partial charge in [0.25, 0.3) is 0 Å². The Balaban J connectivity index is 2.02. The highest BCUT2D eigenvalue weighted by Crippen LogP contribution is 2.13. The van der Waals surface area contributed by atoms with E-state index in [-0.39, 0.29) is 0 Å². The number of hydrogen-bond acceptors (Lipinski definition) is 4. The van der Waals surface area contributed by atoms with Crippen LogP contribution in [0.25, 0.3) is 0 Å². The minimum Gasteiger partial charge on any atom is -0.316 e. The van der Waals surface area contributed by atoms with Crippen molar-refractivity contribution in [3.8, 4) is 0 Å². The molecular formula is C10H17N3O2S. The van der Waals surface area contributed by atoms with E-state index in [1.165, 1.54) is 25.3 Å². The SMILES string of the molecule is CS(=O)(=O)c1cnn(CC2CCCNC2)c1. The van der Waals surface area contributed by atoms with Crippen LogP contribution in [0.2, 0.25) is 0 Å². The molecule has 90 valence electrons. The van der Waals surface area contributed by atoms with Crippen molar-refractivity contribution in [2.45, 2.75) is 24.3 Å². The Labute approximate surface area is 95.8 Å². The molecule has 2 rings (SSSR count). The largest absolute Gasteiger partial charge is 0.316 e. The third-order valence-electron chi connectivity index (χ3n) is 2.88. The van der Waals surface area contributed by atoms with Crippen LogP contribution in [-0.2, 0) is 16.4 Å². The second-order valence-electron chi connectivity index (χ2n) is 4.38. The van der Waals surface area contributed by atoms with E-state index in [0.29, 0.717) is 10.8 Å². The van der Waals surface area contributed by atoms with Crippen LogP contribution in [0, 0.1) is 5.92 Å². The van der Waals surface area contributed by atoms with Crippen molar-refractivity contribution < 1.29 is 8.42 Å². The fourth-order valence-corrected chi connectivity index (χ4v) is 2.53. The van der Waals surface area contributed by atoms with E-state index in [0.717, 1.165) is 19.6 Å². The van der Waals surface area contributed by atoms with E-state index >= 15 is 0 Å². The highest BCUT2D eigenvalue weighted by molar-refractivity contribution is 7.90. The van der Waals surface area contributed by atoms with E-state index in [2.05, 4.69) is 10.4 Å². The summed E-state index contributed by atoms with van der Waals surface area (Å²) >= 11 is 0. The summed E-state index contributed by atoms with van der Waals surface area (Å²) in [6, 6.07) is 0. The van der Waals surface area contributed by atoms with E-state index in [1.54, 1.807) is 10.9 Å². The number of nitrogens with zero attached hydrogens (tertiary/aromatic N) is 2. The van der Waals surface area contributed by atoms with Gasteiger partial charge in [0, 0.05) is 19.0 Å². The molecule has 1 aromatic heterocycles. The molecule has 1 aromatic rings. The number of nitrogens with one attached hydrogen (secondary N) is 1. The third-order valence-corrected chi connectivity index (χ3v) is 3.95. The van der Waals surface area contributed by atoms with E-state index in [9.17, 15) is 8.42 Å². The zero-order valence-electron chi connectivity index (χ0n) is 9.39. The van der Waals surface area contributed by atoms with Gasteiger partial charge in [-0.2, -0.15) is 5.10 Å². The molecule has 0 spiro atoms. The van der Waals surface area contributed by atoms with Crippen LogP contribution in [0.3, 0.4) is 0 Å². The topological polar surface area (TPSA) is 64.0 Å². The van der Waals surface area contributed by atoms with Crippen molar-refractivity contribution in [3.63, 3.8) is 0 Å². The Bertz CT molecular complexity index is 446. The Hall–Kier alpha value is -0.880. The molecular weight excluding hydrogens is 226 g/mol. The normalized spacial score (nSPS) is 22.2. The van der Waals surface area contributed by atoms with Gasteiger partial charge < -0.3 is 5.32 Å². The van der Waals surface area contributed by atoms with Gasteiger partial charge in [0.05, 0.1) is 6.20 Å². The lowest BCUT2D eigenvalue weighted by Gasteiger charge is -2.22. The zero-order chi connectivity index (χ0) is 11.6. The second-order valence-corrected chi connectivity index (χ2v) is 6.40. The first kappa shape index (κ1) is 11.6. The summed E-state index contributed by atoms with van der Waals surface area (Å²) in [6.07, 6.45) is 6.61. The fraction of sp³-hybridized carbons (Fsp3) is 0.700. The molecule has 1 aliphatic heterocycles. The van der Waals surface area contributed by atoms with Crippen molar-refractivity contribution in [3.05, 3.63) is 12.4 Å². The standard InChI is InChI=1S/C10H17N3O2S/c1-16(14,15)10-6-12-13(8-10)7-9-3-2-4-11-5-9/h6,8-9,11H,2-5,7H2,1H3. The second kappa shape index (κ2) is 4.55. The summed E-state index contributed by atoms with van der Waals surface area (Å²) in [6.45, 7) is 2.88. The Morgan fingerprint density at radius 3 is 3.00 bits per heavy atom. The lowest BCUT2D eigenvalue weighted by atomic mass is 10.00. The van der Waals surface area contributed by atoms with E-state index in [4.69, 9.17) is 0 Å². The van der Waals surface area contributed by atoms with Gasteiger partial charge in [0.1, 0.15) is 4.90 Å². The molecule has 0 radical (unpaired) electrons. The predicted molar refractivity (Wildman–Crippen MR) is 60.9 cm³/mol. The molecule has 1 unspecified atom stereocenters. The van der Waals surface area contributed by atoms with Gasteiger partial charge in [-0.1, -0.05) is 0 Å². The van der Waals surface area contributed by atoms with Crippen molar-refractivity contribution in [1.29, 1.82) is 0 Å². The first-order valence-corrected chi connectivity index (χ1v) is 7.38. The average Bonchev–Trinajstić information content (AvgIpc) is 2.67. The van der Waals surface area contributed by atoms with Crippen molar-refractivity contribution >= 4 is 9.84 Å². The van der Waals surface area contributed by atoms with Gasteiger partial charge in [-0.05, 0) is 31.8 Å². The first-order chi connectivity index (χ1) is 7.55. The van der Waals surface area contributed by atoms with Crippen LogP contribution in [0.4, 0.5) is 0 Å². The van der Waals surface area contributed by atoms with Crippen LogP contribution >= 0.6 is 0 Å². The summed E-state index contributed by atoms with van der Waals surface area (Å²) in [7, 11) is -3.12. The molecule has 1 atom stereocenters. The Kier molecular flexibility index (Phi) is 3.30. The molecule has 0 bridgehead atoms. The molecule has 1 saturated heterocycles. The van der Waals surface area contributed by atoms with Gasteiger partial charge >= 0.3 is 0 Å². The molecule has 0 aliphatic carbocycles. The van der Waals surface area contributed by atoms with E-state index < -0.39 is 9.84 Å². The lowest BCUT2D eigenvalue weighted by Crippen LogP contribution is -2.32. The molecule has 1 fully saturated rings. The third kappa shape index (κ3) is 2.82. The number of piperidine rings is 1. The zero-order valence-corrected chi connectivity index (χ0v) is 10.2. The summed E-state index contributed by atoms with van der Waals surface area (Å²) in [4.78, 5) is 0.302. The van der Waals surface area contributed by atoms with Crippen molar-refractivity contribution in [1.82, 2.24) is 15.1 Å². The maximum Gasteiger partial charge on any atom is 0.178 e. The van der Waals surface area contributed by atoms with Crippen LogP contribution in [-0.4, -0.2) is 37.5 Å². The average molecular weight is 243 g/mol. The summed E-state index contributed by atoms with van der Waals surface area (Å²) in [5, 5.41) is 7.42. The van der Waals surface area contributed by atoms with Crippen molar-refractivity contribution in [2.24, 2.45) is 5.92 Å². The molecule has 0 aromatic carbocycles. The summed E-state index contributed by atoms with van der Waals surface area (Å²) in [5.74, 6) is 0.557. The number of aromatic nitrogens is 2. The maximum absolute atomic E-state index is 11.3. The lowest BCUT2D eigenvalue weighted by molar-refractivity contribution is 0.325. The molecule has 6 heteroatoms. The number of sulfone groups is 1. The maximum atomic E-state index is 11.3. The number of rotatable bonds is 3. The van der Waals surface area contributed by atoms with E-state index in [1.807, 2.05) is 0 Å². The van der Waals surface area contributed by atoms with Crippen LogP contribution in [0.15, 0.2) is 17.3 Å².